The summed E-state index contributed by atoms with van der Waals surface area (Å²) >= 11 is 6.36. The van der Waals surface area contributed by atoms with Crippen LogP contribution < -0.4 is 5.73 Å². The molecule has 1 aromatic heterocycles. The molecule has 1 amide bonds. The van der Waals surface area contributed by atoms with E-state index in [4.69, 9.17) is 22.3 Å². The molecule has 0 saturated heterocycles. The van der Waals surface area contributed by atoms with Crippen molar-refractivity contribution in [2.45, 2.75) is 53.6 Å². The number of terminal acetylenes is 1. The average molecular weight is 578 g/mol. The van der Waals surface area contributed by atoms with E-state index in [-0.39, 0.29) is 5.82 Å². The second-order valence-electron chi connectivity index (χ2n) is 9.22. The van der Waals surface area contributed by atoms with Crippen molar-refractivity contribution in [3.8, 4) is 24.2 Å². The van der Waals surface area contributed by atoms with Gasteiger partial charge in [0.15, 0.2) is 11.6 Å². The van der Waals surface area contributed by atoms with Crippen molar-refractivity contribution >= 4 is 17.5 Å². The predicted octanol–water partition coefficient (Wildman–Crippen LogP) is 5.90. The van der Waals surface area contributed by atoms with Gasteiger partial charge in [-0.15, -0.1) is 12.8 Å². The zero-order valence-electron chi connectivity index (χ0n) is 24.2. The molecular weight excluding hydrogens is 536 g/mol. The normalized spacial score (nSPS) is 11.0. The molecule has 0 aliphatic carbocycles. The summed E-state index contributed by atoms with van der Waals surface area (Å²) in [5.41, 5.74) is 6.61. The summed E-state index contributed by atoms with van der Waals surface area (Å²) in [5, 5.41) is 14.7. The first-order valence-corrected chi connectivity index (χ1v) is 13.3. The molecule has 0 bridgehead atoms. The smallest absolute Gasteiger partial charge is 0.248 e. The number of carbonyl (C=O) groups is 1. The van der Waals surface area contributed by atoms with Gasteiger partial charge in [-0.3, -0.25) is 9.18 Å². The number of carbonyl (C=O) groups excluding carboxylic acids is 1. The number of nitrogens with two attached hydrogens (primary N) is 1. The van der Waals surface area contributed by atoms with Gasteiger partial charge in [0, 0.05) is 12.1 Å². The van der Waals surface area contributed by atoms with Crippen molar-refractivity contribution in [3.05, 3.63) is 70.8 Å². The molecule has 2 aromatic carbocycles. The zero-order valence-corrected chi connectivity index (χ0v) is 25.0. The first-order valence-electron chi connectivity index (χ1n) is 12.9. The molecule has 0 unspecified atom stereocenters. The third-order valence-corrected chi connectivity index (χ3v) is 5.81. The molecule has 0 radical (unpaired) electrons. The van der Waals surface area contributed by atoms with Gasteiger partial charge in [-0.05, 0) is 42.1 Å². The minimum atomic E-state index is -0.632. The minimum Gasteiger partial charge on any atom is -0.387 e. The molecule has 3 N–H and O–H groups in total. The summed E-state index contributed by atoms with van der Waals surface area (Å²) in [4.78, 5) is 19.2. The molecule has 7 nitrogen and oxygen atoms in total. The van der Waals surface area contributed by atoms with Gasteiger partial charge in [0.1, 0.15) is 12.4 Å². The van der Waals surface area contributed by atoms with E-state index < -0.39 is 29.8 Å². The minimum absolute atomic E-state index is 0.264. The summed E-state index contributed by atoms with van der Waals surface area (Å²) in [6.45, 7) is 10.5. The molecule has 3 rings (SSSR count). The molecule has 0 spiro atoms. The predicted molar refractivity (Wildman–Crippen MR) is 159 cm³/mol. The van der Waals surface area contributed by atoms with Crippen molar-refractivity contribution < 1.29 is 18.7 Å². The number of benzene rings is 2. The Balaban J connectivity index is 0.00000237. The largest absolute Gasteiger partial charge is 0.387 e. The Morgan fingerprint density at radius 1 is 1.15 bits per heavy atom. The van der Waals surface area contributed by atoms with Crippen LogP contribution in [0.5, 0.6) is 0 Å². The Morgan fingerprint density at radius 2 is 1.75 bits per heavy atom. The van der Waals surface area contributed by atoms with E-state index >= 15 is 0 Å². The van der Waals surface area contributed by atoms with Crippen LogP contribution >= 0.6 is 11.6 Å². The van der Waals surface area contributed by atoms with Gasteiger partial charge in [0.2, 0.25) is 5.91 Å². The fraction of sp³-hybridized carbons (Fsp3) is 0.433. The topological polar surface area (TPSA) is 97.3 Å². The molecule has 0 fully saturated rings. The number of nitrogens with zero attached hydrogens (tertiary/aromatic N) is 4. The van der Waals surface area contributed by atoms with Gasteiger partial charge in [-0.1, -0.05) is 76.6 Å². The van der Waals surface area contributed by atoms with Crippen LogP contribution in [0.3, 0.4) is 0 Å². The van der Waals surface area contributed by atoms with E-state index in [0.717, 1.165) is 5.56 Å². The van der Waals surface area contributed by atoms with Crippen LogP contribution in [0.15, 0.2) is 48.5 Å². The van der Waals surface area contributed by atoms with E-state index in [1.807, 2.05) is 65.0 Å². The second kappa shape index (κ2) is 18.9. The summed E-state index contributed by atoms with van der Waals surface area (Å²) < 4.78 is 25.3. The van der Waals surface area contributed by atoms with Gasteiger partial charge < -0.3 is 15.7 Å². The van der Waals surface area contributed by atoms with Crippen LogP contribution in [0.4, 0.5) is 8.78 Å². The Bertz CT molecular complexity index is 1160. The number of amides is 1. The lowest BCUT2D eigenvalue weighted by molar-refractivity contribution is -0.139. The fourth-order valence-electron chi connectivity index (χ4n) is 3.96. The monoisotopic (exact) mass is 577 g/mol. The molecule has 1 atom stereocenters. The van der Waals surface area contributed by atoms with Crippen molar-refractivity contribution in [1.82, 2.24) is 19.7 Å². The second-order valence-corrected chi connectivity index (χ2v) is 9.62. The molecule has 3 aromatic rings. The molecule has 220 valence electrons. The molecule has 0 aliphatic rings. The standard InChI is InChI=1S/C25H31ClFN5O2.C2H6.C2H2.CH3F/c1-25(2,3)22(31(13-7-12-28)21(34)16-33)24-29-23(19-14-18(27)10-11-20(19)26)30-32(24)15-17-8-5-4-6-9-17;3*1-2/h4-6,8-11,14,22,33H,7,12-13,15-16,28H2,1-3H3;1-2H3;1-2H;1H3/t22-;;;/m0.../s1. The van der Waals surface area contributed by atoms with Gasteiger partial charge in [0.05, 0.1) is 24.8 Å². The highest BCUT2D eigenvalue weighted by atomic mass is 35.5. The number of aromatic nitrogens is 3. The van der Waals surface area contributed by atoms with E-state index in [1.165, 1.54) is 18.2 Å². The quantitative estimate of drug-likeness (QED) is 0.308. The number of alkyl halides is 1. The van der Waals surface area contributed by atoms with Crippen molar-refractivity contribution in [3.63, 3.8) is 0 Å². The van der Waals surface area contributed by atoms with E-state index in [2.05, 4.69) is 17.9 Å². The SMILES string of the molecule is C#C.CC.CC(C)(C)[C@H](c1nc(-c2cc(F)ccc2Cl)nn1Cc1ccccc1)N(CCCN)C(=O)CO.CF. The Hall–Kier alpha value is -3.32. The maximum absolute atomic E-state index is 14.0. The van der Waals surface area contributed by atoms with Gasteiger partial charge in [0.25, 0.3) is 0 Å². The number of hydrogen-bond donors (Lipinski definition) is 2. The van der Waals surface area contributed by atoms with Gasteiger partial charge in [-0.25, -0.2) is 14.1 Å². The van der Waals surface area contributed by atoms with Crippen LogP contribution in [-0.4, -0.2) is 57.6 Å². The molecular formula is C30H42ClF2N5O2. The van der Waals surface area contributed by atoms with Gasteiger partial charge >= 0.3 is 0 Å². The van der Waals surface area contributed by atoms with Gasteiger partial charge in [-0.2, -0.15) is 5.10 Å². The van der Waals surface area contributed by atoms with E-state index in [9.17, 15) is 18.7 Å². The maximum atomic E-state index is 14.0. The number of aliphatic hydroxyl groups is 1. The summed E-state index contributed by atoms with van der Waals surface area (Å²) in [6, 6.07) is 13.2. The van der Waals surface area contributed by atoms with Crippen LogP contribution in [-0.2, 0) is 11.3 Å². The van der Waals surface area contributed by atoms with Crippen LogP contribution in [0, 0.1) is 24.1 Å². The molecule has 1 heterocycles. The van der Waals surface area contributed by atoms with Crippen LogP contribution in [0.1, 0.15) is 58.5 Å². The molecule has 10 heteroatoms. The third-order valence-electron chi connectivity index (χ3n) is 5.48. The van der Waals surface area contributed by atoms with Crippen LogP contribution in [0.25, 0.3) is 11.4 Å². The number of rotatable bonds is 9. The Morgan fingerprint density at radius 3 is 2.27 bits per heavy atom. The molecule has 40 heavy (non-hydrogen) atoms. The molecule has 0 aliphatic heterocycles. The first kappa shape index (κ1) is 36.7. The van der Waals surface area contributed by atoms with Crippen LogP contribution in [0.2, 0.25) is 5.02 Å². The Labute approximate surface area is 242 Å². The highest BCUT2D eigenvalue weighted by Crippen LogP contribution is 2.39. The summed E-state index contributed by atoms with van der Waals surface area (Å²) in [6.07, 6.45) is 8.56. The lowest BCUT2D eigenvalue weighted by atomic mass is 9.84. The highest BCUT2D eigenvalue weighted by molar-refractivity contribution is 6.33. The first-order chi connectivity index (χ1) is 19.2. The number of halogens is 3. The highest BCUT2D eigenvalue weighted by Gasteiger charge is 2.38. The summed E-state index contributed by atoms with van der Waals surface area (Å²) in [7, 11) is 0.500. The zero-order chi connectivity index (χ0) is 30.9. The lowest BCUT2D eigenvalue weighted by Gasteiger charge is -2.39. The van der Waals surface area contributed by atoms with E-state index in [0.29, 0.717) is 49.6 Å². The van der Waals surface area contributed by atoms with E-state index in [1.54, 1.807) is 9.58 Å². The summed E-state index contributed by atoms with van der Waals surface area (Å²) in [5.74, 6) is -0.0915. The average Bonchev–Trinajstić information content (AvgIpc) is 3.37. The maximum Gasteiger partial charge on any atom is 0.248 e. The van der Waals surface area contributed by atoms with Crippen molar-refractivity contribution in [1.29, 1.82) is 0 Å². The Kier molecular flexibility index (Phi) is 17.3. The third kappa shape index (κ3) is 10.3. The number of hydrogen-bond acceptors (Lipinski definition) is 5. The fourth-order valence-corrected chi connectivity index (χ4v) is 4.16. The number of aliphatic hydroxyl groups excluding tert-OH is 1. The van der Waals surface area contributed by atoms with Crippen molar-refractivity contribution in [2.75, 3.05) is 26.9 Å². The van der Waals surface area contributed by atoms with Crippen molar-refractivity contribution in [2.24, 2.45) is 11.1 Å². The molecule has 0 saturated carbocycles. The lowest BCUT2D eigenvalue weighted by Crippen LogP contribution is -2.44.